The van der Waals surface area contributed by atoms with Crippen molar-refractivity contribution in [3.63, 3.8) is 0 Å². The Labute approximate surface area is 128 Å². The Morgan fingerprint density at radius 2 is 1.81 bits per heavy atom. The summed E-state index contributed by atoms with van der Waals surface area (Å²) in [5, 5.41) is 0.719. The van der Waals surface area contributed by atoms with Gasteiger partial charge in [0.1, 0.15) is 10.7 Å². The smallest absolute Gasteiger partial charge is 0.267 e. The zero-order valence-electron chi connectivity index (χ0n) is 12.6. The van der Waals surface area contributed by atoms with Crippen molar-refractivity contribution in [1.82, 2.24) is 14.8 Å². The molecule has 21 heavy (non-hydrogen) atoms. The zero-order valence-corrected chi connectivity index (χ0v) is 13.4. The van der Waals surface area contributed by atoms with Gasteiger partial charge in [-0.3, -0.25) is 9.59 Å². The maximum atomic E-state index is 12.6. The second kappa shape index (κ2) is 6.30. The molecule has 2 rings (SSSR count). The highest BCUT2D eigenvalue weighted by atomic mass is 32.1. The van der Waals surface area contributed by atoms with Gasteiger partial charge in [0.05, 0.1) is 0 Å². The van der Waals surface area contributed by atoms with Gasteiger partial charge in [0.15, 0.2) is 5.13 Å². The van der Waals surface area contributed by atoms with Gasteiger partial charge in [0.2, 0.25) is 5.91 Å². The number of aromatic nitrogens is 1. The number of nitrogens with zero attached hydrogens (tertiary/aromatic N) is 4. The van der Waals surface area contributed by atoms with Gasteiger partial charge in [-0.05, 0) is 6.42 Å². The normalized spacial score (nSPS) is 15.8. The summed E-state index contributed by atoms with van der Waals surface area (Å²) in [5.41, 5.74) is 5.86. The van der Waals surface area contributed by atoms with Gasteiger partial charge in [0, 0.05) is 47.2 Å². The molecule has 7 nitrogen and oxygen atoms in total. The van der Waals surface area contributed by atoms with Crippen molar-refractivity contribution < 1.29 is 9.59 Å². The highest BCUT2D eigenvalue weighted by molar-refractivity contribution is 7.18. The van der Waals surface area contributed by atoms with E-state index in [0.29, 0.717) is 31.1 Å². The lowest BCUT2D eigenvalue weighted by molar-refractivity contribution is -0.128. The molecule has 1 saturated heterocycles. The number of carbonyl (C=O) groups is 2. The molecule has 0 saturated carbocycles. The van der Waals surface area contributed by atoms with Crippen LogP contribution in [0.1, 0.15) is 23.0 Å². The molecule has 2 heterocycles. The van der Waals surface area contributed by atoms with Crippen LogP contribution in [0.25, 0.3) is 0 Å². The molecule has 1 aromatic heterocycles. The van der Waals surface area contributed by atoms with Crippen molar-refractivity contribution in [2.45, 2.75) is 13.3 Å². The van der Waals surface area contributed by atoms with E-state index in [1.54, 1.807) is 16.7 Å². The highest BCUT2D eigenvalue weighted by Gasteiger charge is 2.25. The van der Waals surface area contributed by atoms with E-state index in [2.05, 4.69) is 4.98 Å². The molecule has 0 spiro atoms. The van der Waals surface area contributed by atoms with E-state index in [1.165, 1.54) is 11.3 Å². The van der Waals surface area contributed by atoms with Gasteiger partial charge < -0.3 is 20.4 Å². The zero-order chi connectivity index (χ0) is 15.6. The topological polar surface area (TPSA) is 82.8 Å². The van der Waals surface area contributed by atoms with Crippen LogP contribution in [0.3, 0.4) is 0 Å². The van der Waals surface area contributed by atoms with Crippen molar-refractivity contribution in [2.24, 2.45) is 0 Å². The number of hydrogen-bond donors (Lipinski definition) is 1. The molecular weight excluding hydrogens is 290 g/mol. The van der Waals surface area contributed by atoms with Gasteiger partial charge in [-0.15, -0.1) is 0 Å². The fourth-order valence-electron chi connectivity index (χ4n) is 2.24. The molecule has 0 aliphatic carbocycles. The van der Waals surface area contributed by atoms with E-state index in [1.807, 2.05) is 19.0 Å². The van der Waals surface area contributed by atoms with Crippen LogP contribution in [-0.2, 0) is 4.79 Å². The maximum absolute atomic E-state index is 12.6. The summed E-state index contributed by atoms with van der Waals surface area (Å²) in [4.78, 5) is 34.0. The Kier molecular flexibility index (Phi) is 4.66. The minimum absolute atomic E-state index is 0.0523. The average Bonchev–Trinajstić information content (AvgIpc) is 2.66. The third kappa shape index (κ3) is 3.44. The van der Waals surface area contributed by atoms with Crippen molar-refractivity contribution in [2.75, 3.05) is 50.9 Å². The van der Waals surface area contributed by atoms with E-state index in [-0.39, 0.29) is 17.6 Å². The summed E-state index contributed by atoms with van der Waals surface area (Å²) in [6.07, 6.45) is 0.782. The summed E-state index contributed by atoms with van der Waals surface area (Å²) in [7, 11) is 3.73. The fraction of sp³-hybridized carbons (Fsp3) is 0.615. The van der Waals surface area contributed by atoms with Crippen molar-refractivity contribution >= 4 is 34.1 Å². The molecule has 8 heteroatoms. The Hall–Kier alpha value is -1.83. The lowest BCUT2D eigenvalue weighted by Gasteiger charge is -2.20. The first kappa shape index (κ1) is 15.6. The summed E-state index contributed by atoms with van der Waals surface area (Å²) in [6.45, 7) is 3.99. The standard InChI is InChI=1S/C13H21N5O2S/c1-9(19)17-5-4-6-18(8-7-17)12(20)10-11(14)15-13(21-10)16(2)3/h4-8,14H2,1-3H3. The fourth-order valence-corrected chi connectivity index (χ4v) is 3.12. The molecule has 1 aliphatic rings. The molecule has 0 atom stereocenters. The van der Waals surface area contributed by atoms with E-state index >= 15 is 0 Å². The molecule has 1 fully saturated rings. The van der Waals surface area contributed by atoms with Crippen molar-refractivity contribution in [1.29, 1.82) is 0 Å². The quantitative estimate of drug-likeness (QED) is 0.859. The first-order chi connectivity index (χ1) is 9.90. The molecule has 1 aromatic rings. The predicted octanol–water partition coefficient (Wildman–Crippen LogP) is 0.486. The molecule has 0 bridgehead atoms. The number of thiazole rings is 1. The molecule has 2 N–H and O–H groups in total. The molecule has 0 radical (unpaired) electrons. The summed E-state index contributed by atoms with van der Waals surface area (Å²) in [5.74, 6) is 0.237. The first-order valence-electron chi connectivity index (χ1n) is 6.88. The van der Waals surface area contributed by atoms with Crippen LogP contribution in [0.4, 0.5) is 10.9 Å². The van der Waals surface area contributed by atoms with E-state index in [0.717, 1.165) is 11.6 Å². The van der Waals surface area contributed by atoms with Crippen molar-refractivity contribution in [3.05, 3.63) is 4.88 Å². The van der Waals surface area contributed by atoms with Gasteiger partial charge in [-0.1, -0.05) is 11.3 Å². The largest absolute Gasteiger partial charge is 0.382 e. The first-order valence-corrected chi connectivity index (χ1v) is 7.70. The lowest BCUT2D eigenvalue weighted by atomic mass is 10.3. The Balaban J connectivity index is 2.11. The van der Waals surface area contributed by atoms with Gasteiger partial charge >= 0.3 is 0 Å². The van der Waals surface area contributed by atoms with E-state index in [4.69, 9.17) is 5.73 Å². The molecule has 116 valence electrons. The van der Waals surface area contributed by atoms with E-state index < -0.39 is 0 Å². The highest BCUT2D eigenvalue weighted by Crippen LogP contribution is 2.28. The van der Waals surface area contributed by atoms with Gasteiger partial charge in [-0.25, -0.2) is 4.98 Å². The Morgan fingerprint density at radius 3 is 2.38 bits per heavy atom. The van der Waals surface area contributed by atoms with Crippen LogP contribution < -0.4 is 10.6 Å². The summed E-state index contributed by atoms with van der Waals surface area (Å²) < 4.78 is 0. The number of rotatable bonds is 2. The van der Waals surface area contributed by atoms with Crippen LogP contribution in [0, 0.1) is 0 Å². The van der Waals surface area contributed by atoms with Crippen molar-refractivity contribution in [3.8, 4) is 0 Å². The summed E-state index contributed by atoms with van der Waals surface area (Å²) >= 11 is 1.30. The molecule has 1 aliphatic heterocycles. The Bertz CT molecular complexity index is 543. The molecule has 2 amide bonds. The van der Waals surface area contributed by atoms with Crippen LogP contribution >= 0.6 is 11.3 Å². The third-order valence-corrected chi connectivity index (χ3v) is 4.67. The number of nitrogens with two attached hydrogens (primary N) is 1. The van der Waals surface area contributed by atoms with Crippen LogP contribution in [-0.4, -0.2) is 66.9 Å². The van der Waals surface area contributed by atoms with Crippen LogP contribution in [0.5, 0.6) is 0 Å². The van der Waals surface area contributed by atoms with Gasteiger partial charge in [0.25, 0.3) is 5.91 Å². The lowest BCUT2D eigenvalue weighted by Crippen LogP contribution is -2.36. The second-order valence-electron chi connectivity index (χ2n) is 5.26. The number of anilines is 2. The van der Waals surface area contributed by atoms with Crippen LogP contribution in [0.2, 0.25) is 0 Å². The number of nitrogen functional groups attached to an aromatic ring is 1. The number of amides is 2. The van der Waals surface area contributed by atoms with Gasteiger partial charge in [-0.2, -0.15) is 0 Å². The van der Waals surface area contributed by atoms with Crippen LogP contribution in [0.15, 0.2) is 0 Å². The predicted molar refractivity (Wildman–Crippen MR) is 83.6 cm³/mol. The number of hydrogen-bond acceptors (Lipinski definition) is 6. The molecular formula is C13H21N5O2S. The second-order valence-corrected chi connectivity index (χ2v) is 6.23. The maximum Gasteiger partial charge on any atom is 0.267 e. The van der Waals surface area contributed by atoms with E-state index in [9.17, 15) is 9.59 Å². The Morgan fingerprint density at radius 1 is 1.19 bits per heavy atom. The molecule has 0 aromatic carbocycles. The average molecular weight is 311 g/mol. The monoisotopic (exact) mass is 311 g/mol. The summed E-state index contributed by atoms with van der Waals surface area (Å²) in [6, 6.07) is 0. The SMILES string of the molecule is CC(=O)N1CCCN(C(=O)c2sc(N(C)C)nc2N)CC1. The number of carbonyl (C=O) groups excluding carboxylic acids is 2. The minimum Gasteiger partial charge on any atom is -0.382 e. The minimum atomic E-state index is -0.0940. The third-order valence-electron chi connectivity index (χ3n) is 3.45. The molecule has 0 unspecified atom stereocenters.